The molecule has 3 aromatic rings. The SMILES string of the molecule is C[NH+]=NNCCOc1ccc2c(c1)C1(CCC(Nc3cccc(Cl)c3)(C(=O)O)CC1)[C@@H](C[C@@H](C)COc1ccnc3c1[C@H](C)CCC3)C2. The number of aliphatic carboxylic acids is 1. The zero-order valence-corrected chi connectivity index (χ0v) is 29.1. The number of aryl methyl sites for hydroxylation is 1. The van der Waals surface area contributed by atoms with Gasteiger partial charge in [-0.3, -0.25) is 4.98 Å². The van der Waals surface area contributed by atoms with Crippen molar-refractivity contribution in [1.82, 2.24) is 10.4 Å². The van der Waals surface area contributed by atoms with Crippen LogP contribution in [0.15, 0.2) is 60.0 Å². The van der Waals surface area contributed by atoms with Crippen LogP contribution in [-0.2, 0) is 23.1 Å². The van der Waals surface area contributed by atoms with E-state index in [1.807, 2.05) is 24.4 Å². The highest BCUT2D eigenvalue weighted by atomic mass is 35.5. The summed E-state index contributed by atoms with van der Waals surface area (Å²) in [6.07, 6.45) is 9.76. The van der Waals surface area contributed by atoms with Crippen molar-refractivity contribution in [2.24, 2.45) is 17.1 Å². The molecule has 0 amide bonds. The molecule has 0 bridgehead atoms. The Morgan fingerprint density at radius 2 is 2.00 bits per heavy atom. The first kappa shape index (κ1) is 34.0. The van der Waals surface area contributed by atoms with Gasteiger partial charge in [-0.15, -0.1) is 0 Å². The minimum atomic E-state index is -1.06. The number of pyridine rings is 1. The summed E-state index contributed by atoms with van der Waals surface area (Å²) < 4.78 is 12.7. The molecule has 4 N–H and O–H groups in total. The minimum absolute atomic E-state index is 0.151. The largest absolute Gasteiger partial charge is 0.493 e. The first-order valence-corrected chi connectivity index (χ1v) is 17.8. The summed E-state index contributed by atoms with van der Waals surface area (Å²) in [7, 11) is 1.75. The van der Waals surface area contributed by atoms with Crippen molar-refractivity contribution < 1.29 is 24.5 Å². The number of aromatic nitrogens is 1. The molecule has 1 fully saturated rings. The molecule has 256 valence electrons. The highest BCUT2D eigenvalue weighted by Crippen LogP contribution is 2.56. The highest BCUT2D eigenvalue weighted by molar-refractivity contribution is 6.30. The third-order valence-electron chi connectivity index (χ3n) is 10.9. The van der Waals surface area contributed by atoms with Gasteiger partial charge in [0.25, 0.3) is 0 Å². The molecule has 0 radical (unpaired) electrons. The fourth-order valence-electron chi connectivity index (χ4n) is 8.52. The molecule has 1 aromatic heterocycles. The number of carboxylic acids is 1. The molecule has 1 spiro atoms. The van der Waals surface area contributed by atoms with E-state index in [2.05, 4.69) is 58.1 Å². The number of nitrogens with one attached hydrogen (secondary N) is 3. The molecule has 2 aromatic carbocycles. The van der Waals surface area contributed by atoms with Gasteiger partial charge in [0, 0.05) is 28.2 Å². The van der Waals surface area contributed by atoms with Crippen LogP contribution in [0.2, 0.25) is 5.02 Å². The van der Waals surface area contributed by atoms with E-state index < -0.39 is 11.5 Å². The predicted molar refractivity (Wildman–Crippen MR) is 187 cm³/mol. The summed E-state index contributed by atoms with van der Waals surface area (Å²) in [4.78, 5) is 17.6. The van der Waals surface area contributed by atoms with Crippen molar-refractivity contribution in [3.8, 4) is 11.5 Å². The first-order valence-electron chi connectivity index (χ1n) is 17.5. The van der Waals surface area contributed by atoms with Crippen LogP contribution in [0.3, 0.4) is 0 Å². The number of benzene rings is 2. The standard InChI is InChI=1S/C38H48ClN5O4/c1-25(24-48-34-12-17-41-33-9-4-6-26(2)35(33)34)20-28-21-27-10-11-31(47-19-18-42-44-40-3)23-32(27)37(28)13-15-38(16-14-37,36(45)46)43-30-8-5-7-29(39)22-30/h5,7-8,10-12,17,22-23,25-26,28,43H,4,6,9,13-16,18-21,24H2,1-3H3,(H,40,42)(H,45,46)/p+1/t25-,26-,28+,37?,38?/m1/s1. The second-order valence-corrected chi connectivity index (χ2v) is 14.5. The van der Waals surface area contributed by atoms with Crippen LogP contribution in [0.5, 0.6) is 11.5 Å². The molecule has 3 atom stereocenters. The number of carboxylic acid groups (broad SMARTS) is 1. The van der Waals surface area contributed by atoms with Crippen LogP contribution in [0.1, 0.15) is 87.1 Å². The lowest BCUT2D eigenvalue weighted by atomic mass is 9.59. The fourth-order valence-corrected chi connectivity index (χ4v) is 8.71. The van der Waals surface area contributed by atoms with Crippen LogP contribution in [0, 0.1) is 11.8 Å². The van der Waals surface area contributed by atoms with Gasteiger partial charge in [-0.2, -0.15) is 10.5 Å². The molecule has 3 aliphatic carbocycles. The van der Waals surface area contributed by atoms with E-state index in [9.17, 15) is 9.90 Å². The van der Waals surface area contributed by atoms with E-state index in [0.29, 0.717) is 55.4 Å². The van der Waals surface area contributed by atoms with Crippen LogP contribution in [-0.4, -0.2) is 48.4 Å². The van der Waals surface area contributed by atoms with E-state index in [-0.39, 0.29) is 5.41 Å². The van der Waals surface area contributed by atoms with Gasteiger partial charge in [-0.05, 0) is 128 Å². The Balaban J connectivity index is 1.22. The Labute approximate surface area is 288 Å². The molecule has 0 aliphatic heterocycles. The van der Waals surface area contributed by atoms with Gasteiger partial charge in [-0.1, -0.05) is 37.6 Å². The van der Waals surface area contributed by atoms with Crippen LogP contribution in [0.25, 0.3) is 0 Å². The number of nitrogens with zero attached hydrogens (tertiary/aromatic N) is 2. The Morgan fingerprint density at radius 3 is 2.77 bits per heavy atom. The van der Waals surface area contributed by atoms with Gasteiger partial charge in [-0.25, -0.2) is 4.79 Å². The quantitative estimate of drug-likeness (QED) is 0.0962. The van der Waals surface area contributed by atoms with Crippen molar-refractivity contribution in [1.29, 1.82) is 0 Å². The number of halogens is 1. The van der Waals surface area contributed by atoms with Crippen molar-refractivity contribution in [2.75, 3.05) is 32.1 Å². The van der Waals surface area contributed by atoms with Crippen molar-refractivity contribution in [2.45, 2.75) is 88.5 Å². The van der Waals surface area contributed by atoms with Gasteiger partial charge in [0.05, 0.1) is 18.9 Å². The molecule has 6 rings (SSSR count). The lowest BCUT2D eigenvalue weighted by Gasteiger charge is -2.47. The number of rotatable bonds is 13. The lowest BCUT2D eigenvalue weighted by Crippen LogP contribution is -2.61. The summed E-state index contributed by atoms with van der Waals surface area (Å²) in [5.74, 6) is 2.14. The summed E-state index contributed by atoms with van der Waals surface area (Å²) in [5, 5.41) is 21.2. The fraction of sp³-hybridized carbons (Fsp3) is 0.526. The zero-order chi connectivity index (χ0) is 33.7. The van der Waals surface area contributed by atoms with Crippen LogP contribution in [0.4, 0.5) is 5.69 Å². The third kappa shape index (κ3) is 7.12. The molecule has 0 saturated heterocycles. The number of anilines is 1. The summed E-state index contributed by atoms with van der Waals surface area (Å²) >= 11 is 6.27. The Morgan fingerprint density at radius 1 is 1.17 bits per heavy atom. The molecule has 48 heavy (non-hydrogen) atoms. The molecule has 1 saturated carbocycles. The molecule has 10 heteroatoms. The molecule has 1 heterocycles. The minimum Gasteiger partial charge on any atom is -0.493 e. The van der Waals surface area contributed by atoms with Crippen LogP contribution >= 0.6 is 11.6 Å². The average Bonchev–Trinajstić information content (AvgIpc) is 3.36. The van der Waals surface area contributed by atoms with Gasteiger partial charge in [0.2, 0.25) is 0 Å². The maximum atomic E-state index is 12.9. The Bertz CT molecular complexity index is 1620. The second kappa shape index (κ2) is 14.7. The van der Waals surface area contributed by atoms with Crippen LogP contribution < -0.4 is 25.3 Å². The van der Waals surface area contributed by atoms with Crippen molar-refractivity contribution in [3.05, 3.63) is 82.1 Å². The third-order valence-corrected chi connectivity index (χ3v) is 11.2. The van der Waals surface area contributed by atoms with Gasteiger partial charge in [0.15, 0.2) is 0 Å². The maximum absolute atomic E-state index is 12.9. The predicted octanol–water partition coefficient (Wildman–Crippen LogP) is 6.25. The number of hydrogen-bond acceptors (Lipinski definition) is 6. The van der Waals surface area contributed by atoms with E-state index in [4.69, 9.17) is 21.1 Å². The molecule has 3 aliphatic rings. The first-order chi connectivity index (χ1) is 23.2. The van der Waals surface area contributed by atoms with Gasteiger partial charge < -0.3 is 19.9 Å². The molecule has 9 nitrogen and oxygen atoms in total. The second-order valence-electron chi connectivity index (χ2n) is 14.1. The van der Waals surface area contributed by atoms with E-state index in [0.717, 1.165) is 49.3 Å². The molecule has 0 unspecified atom stereocenters. The highest BCUT2D eigenvalue weighted by Gasteiger charge is 2.54. The Hall–Kier alpha value is -3.85. The van der Waals surface area contributed by atoms with E-state index in [1.165, 1.54) is 35.2 Å². The molecular weight excluding hydrogens is 626 g/mol. The number of ether oxygens (including phenoxy) is 2. The average molecular weight is 675 g/mol. The number of carbonyl (C=O) groups is 1. The maximum Gasteiger partial charge on any atom is 0.329 e. The van der Waals surface area contributed by atoms with Gasteiger partial charge >= 0.3 is 5.97 Å². The molecular formula is C38H49ClN5O4+. The van der Waals surface area contributed by atoms with E-state index in [1.54, 1.807) is 19.2 Å². The summed E-state index contributed by atoms with van der Waals surface area (Å²) in [6.45, 7) is 6.27. The van der Waals surface area contributed by atoms with Crippen molar-refractivity contribution in [3.63, 3.8) is 0 Å². The topological polar surface area (TPSA) is 119 Å². The van der Waals surface area contributed by atoms with Gasteiger partial charge in [0.1, 0.15) is 30.2 Å². The normalized spacial score (nSPS) is 25.3. The van der Waals surface area contributed by atoms with E-state index >= 15 is 0 Å². The van der Waals surface area contributed by atoms with Crippen molar-refractivity contribution >= 4 is 23.3 Å². The monoisotopic (exact) mass is 674 g/mol. The Kier molecular flexibility index (Phi) is 10.4. The zero-order valence-electron chi connectivity index (χ0n) is 28.4. The number of fused-ring (bicyclic) bond motifs is 3. The number of hydrogen-bond donors (Lipinski definition) is 4. The lowest BCUT2D eigenvalue weighted by molar-refractivity contribution is -0.506. The summed E-state index contributed by atoms with van der Waals surface area (Å²) in [5.41, 5.74) is 7.57. The summed E-state index contributed by atoms with van der Waals surface area (Å²) in [6, 6.07) is 15.9. The smallest absolute Gasteiger partial charge is 0.329 e.